The zero-order valence-corrected chi connectivity index (χ0v) is 9.22. The summed E-state index contributed by atoms with van der Waals surface area (Å²) in [5, 5.41) is 0. The van der Waals surface area contributed by atoms with Gasteiger partial charge in [0.25, 0.3) is 0 Å². The first kappa shape index (κ1) is 10.0. The van der Waals surface area contributed by atoms with Crippen molar-refractivity contribution in [1.29, 1.82) is 0 Å². The summed E-state index contributed by atoms with van der Waals surface area (Å²) in [6.07, 6.45) is 4.15. The summed E-state index contributed by atoms with van der Waals surface area (Å²) in [7, 11) is 4.41. The third-order valence-electron chi connectivity index (χ3n) is 3.09. The highest BCUT2D eigenvalue weighted by atomic mass is 15.1. The van der Waals surface area contributed by atoms with Gasteiger partial charge in [0.05, 0.1) is 0 Å². The van der Waals surface area contributed by atoms with Gasteiger partial charge in [0, 0.05) is 6.04 Å². The summed E-state index contributed by atoms with van der Waals surface area (Å²) < 4.78 is 0. The second-order valence-corrected chi connectivity index (χ2v) is 5.53. The van der Waals surface area contributed by atoms with Gasteiger partial charge in [-0.05, 0) is 44.7 Å². The standard InChI is InChI=1S/C11H23N/c1-9-6-10(12(4)5)8-11(2,3)7-9/h9-10H,6-8H2,1-5H3/t9-,10-/m1/s1. The molecule has 0 aliphatic heterocycles. The molecule has 1 aliphatic carbocycles. The summed E-state index contributed by atoms with van der Waals surface area (Å²) in [5.41, 5.74) is 0.562. The molecule has 1 aliphatic rings. The molecule has 0 aromatic heterocycles. The van der Waals surface area contributed by atoms with Gasteiger partial charge in [0.2, 0.25) is 0 Å². The largest absolute Gasteiger partial charge is 0.306 e. The van der Waals surface area contributed by atoms with Crippen LogP contribution in [0.5, 0.6) is 0 Å². The Hall–Kier alpha value is -0.0400. The molecule has 12 heavy (non-hydrogen) atoms. The van der Waals surface area contributed by atoms with Crippen LogP contribution in [-0.2, 0) is 0 Å². The minimum absolute atomic E-state index is 0.562. The van der Waals surface area contributed by atoms with Crippen molar-refractivity contribution in [3.63, 3.8) is 0 Å². The average Bonchev–Trinajstić information content (AvgIpc) is 1.82. The molecule has 0 bridgehead atoms. The highest BCUT2D eigenvalue weighted by Crippen LogP contribution is 2.39. The van der Waals surface area contributed by atoms with Crippen molar-refractivity contribution in [2.24, 2.45) is 11.3 Å². The molecule has 1 nitrogen and oxygen atoms in total. The quantitative estimate of drug-likeness (QED) is 0.583. The first-order valence-corrected chi connectivity index (χ1v) is 5.07. The third kappa shape index (κ3) is 2.48. The van der Waals surface area contributed by atoms with Crippen molar-refractivity contribution in [1.82, 2.24) is 4.90 Å². The molecular formula is C11H23N. The first-order chi connectivity index (χ1) is 5.41. The van der Waals surface area contributed by atoms with Crippen LogP contribution in [0.15, 0.2) is 0 Å². The Kier molecular flexibility index (Phi) is 2.82. The fourth-order valence-electron chi connectivity index (χ4n) is 2.69. The highest BCUT2D eigenvalue weighted by molar-refractivity contribution is 4.86. The van der Waals surface area contributed by atoms with E-state index in [0.717, 1.165) is 12.0 Å². The molecule has 1 saturated carbocycles. The van der Waals surface area contributed by atoms with E-state index in [9.17, 15) is 0 Å². The molecule has 1 fully saturated rings. The van der Waals surface area contributed by atoms with Crippen molar-refractivity contribution in [2.75, 3.05) is 14.1 Å². The second kappa shape index (κ2) is 3.37. The molecule has 72 valence electrons. The van der Waals surface area contributed by atoms with Crippen LogP contribution in [0.4, 0.5) is 0 Å². The predicted molar refractivity (Wildman–Crippen MR) is 54.3 cm³/mol. The van der Waals surface area contributed by atoms with E-state index >= 15 is 0 Å². The van der Waals surface area contributed by atoms with Gasteiger partial charge in [0.15, 0.2) is 0 Å². The lowest BCUT2D eigenvalue weighted by atomic mass is 9.70. The van der Waals surface area contributed by atoms with Gasteiger partial charge in [-0.2, -0.15) is 0 Å². The van der Waals surface area contributed by atoms with Gasteiger partial charge in [0.1, 0.15) is 0 Å². The van der Waals surface area contributed by atoms with Gasteiger partial charge in [-0.15, -0.1) is 0 Å². The van der Waals surface area contributed by atoms with Crippen LogP contribution in [0.25, 0.3) is 0 Å². The van der Waals surface area contributed by atoms with E-state index < -0.39 is 0 Å². The maximum atomic E-state index is 2.40. The summed E-state index contributed by atoms with van der Waals surface area (Å²) in [5.74, 6) is 0.904. The Morgan fingerprint density at radius 2 is 1.75 bits per heavy atom. The number of rotatable bonds is 1. The second-order valence-electron chi connectivity index (χ2n) is 5.53. The van der Waals surface area contributed by atoms with Crippen molar-refractivity contribution in [3.05, 3.63) is 0 Å². The molecule has 0 N–H and O–H groups in total. The molecule has 0 aromatic carbocycles. The van der Waals surface area contributed by atoms with Crippen LogP contribution in [-0.4, -0.2) is 25.0 Å². The van der Waals surface area contributed by atoms with Gasteiger partial charge < -0.3 is 4.90 Å². The molecule has 1 rings (SSSR count). The molecule has 0 heterocycles. The van der Waals surface area contributed by atoms with E-state index in [1.807, 2.05) is 0 Å². The summed E-state index contributed by atoms with van der Waals surface area (Å²) in [4.78, 5) is 2.39. The lowest BCUT2D eigenvalue weighted by Crippen LogP contribution is -2.39. The van der Waals surface area contributed by atoms with E-state index in [1.54, 1.807) is 0 Å². The van der Waals surface area contributed by atoms with Crippen molar-refractivity contribution >= 4 is 0 Å². The first-order valence-electron chi connectivity index (χ1n) is 5.07. The molecule has 1 heteroatoms. The fourth-order valence-corrected chi connectivity index (χ4v) is 2.69. The van der Waals surface area contributed by atoms with E-state index in [-0.39, 0.29) is 0 Å². The molecular weight excluding hydrogens is 146 g/mol. The fraction of sp³-hybridized carbons (Fsp3) is 1.00. The zero-order valence-electron chi connectivity index (χ0n) is 9.22. The molecule has 0 radical (unpaired) electrons. The van der Waals surface area contributed by atoms with Crippen molar-refractivity contribution in [2.45, 2.75) is 46.1 Å². The lowest BCUT2D eigenvalue weighted by Gasteiger charge is -2.41. The van der Waals surface area contributed by atoms with Crippen molar-refractivity contribution in [3.8, 4) is 0 Å². The lowest BCUT2D eigenvalue weighted by molar-refractivity contribution is 0.0974. The molecule has 0 saturated heterocycles. The minimum atomic E-state index is 0.562. The SMILES string of the molecule is C[C@@H]1C[C@@H](N(C)C)CC(C)(C)C1. The smallest absolute Gasteiger partial charge is 0.00967 e. The maximum Gasteiger partial charge on any atom is 0.00967 e. The number of hydrogen-bond acceptors (Lipinski definition) is 1. The Morgan fingerprint density at radius 3 is 2.17 bits per heavy atom. The normalized spacial score (nSPS) is 35.5. The summed E-state index contributed by atoms with van der Waals surface area (Å²) >= 11 is 0. The van der Waals surface area contributed by atoms with Crippen LogP contribution in [0.1, 0.15) is 40.0 Å². The Balaban J connectivity index is 2.58. The topological polar surface area (TPSA) is 3.24 Å². The summed E-state index contributed by atoms with van der Waals surface area (Å²) in [6, 6.07) is 0.809. The molecule has 2 atom stereocenters. The Morgan fingerprint density at radius 1 is 1.17 bits per heavy atom. The number of hydrogen-bond donors (Lipinski definition) is 0. The maximum absolute atomic E-state index is 2.40. The predicted octanol–water partition coefficient (Wildman–Crippen LogP) is 2.76. The van der Waals surface area contributed by atoms with Gasteiger partial charge in [-0.3, -0.25) is 0 Å². The molecule has 0 unspecified atom stereocenters. The molecule has 0 aromatic rings. The highest BCUT2D eigenvalue weighted by Gasteiger charge is 2.32. The van der Waals surface area contributed by atoms with E-state index in [1.165, 1.54) is 19.3 Å². The molecule has 0 amide bonds. The van der Waals surface area contributed by atoms with Crippen LogP contribution in [0.2, 0.25) is 0 Å². The van der Waals surface area contributed by atoms with Gasteiger partial charge in [-0.25, -0.2) is 0 Å². The zero-order chi connectivity index (χ0) is 9.35. The van der Waals surface area contributed by atoms with Gasteiger partial charge >= 0.3 is 0 Å². The van der Waals surface area contributed by atoms with Crippen LogP contribution in [0, 0.1) is 11.3 Å². The van der Waals surface area contributed by atoms with E-state index in [2.05, 4.69) is 39.8 Å². The Bertz CT molecular complexity index is 149. The third-order valence-corrected chi connectivity index (χ3v) is 3.09. The van der Waals surface area contributed by atoms with Crippen molar-refractivity contribution < 1.29 is 0 Å². The van der Waals surface area contributed by atoms with Crippen LogP contribution >= 0.6 is 0 Å². The minimum Gasteiger partial charge on any atom is -0.306 e. The molecule has 0 spiro atoms. The summed E-state index contributed by atoms with van der Waals surface area (Å²) in [6.45, 7) is 7.19. The number of nitrogens with zero attached hydrogens (tertiary/aromatic N) is 1. The van der Waals surface area contributed by atoms with Gasteiger partial charge in [-0.1, -0.05) is 20.8 Å². The van der Waals surface area contributed by atoms with E-state index in [0.29, 0.717) is 5.41 Å². The van der Waals surface area contributed by atoms with Crippen LogP contribution < -0.4 is 0 Å². The van der Waals surface area contributed by atoms with Crippen LogP contribution in [0.3, 0.4) is 0 Å². The Labute approximate surface area is 77.1 Å². The monoisotopic (exact) mass is 169 g/mol. The van der Waals surface area contributed by atoms with E-state index in [4.69, 9.17) is 0 Å². The average molecular weight is 169 g/mol.